The average molecular weight is 584 g/mol. The maximum absolute atomic E-state index is 14.7. The number of hydrogen-bond donors (Lipinski definition) is 3. The molecule has 2 atom stereocenters. The molecule has 3 amide bonds. The highest BCUT2D eigenvalue weighted by atomic mass is 16.6. The lowest BCUT2D eigenvalue weighted by Crippen LogP contribution is -2.60. The quantitative estimate of drug-likeness (QED) is 0.332. The summed E-state index contributed by atoms with van der Waals surface area (Å²) in [6.07, 6.45) is -0.243. The second-order valence-corrected chi connectivity index (χ2v) is 11.9. The molecule has 0 fully saturated rings. The number of rotatable bonds is 11. The monoisotopic (exact) mass is 583 g/mol. The summed E-state index contributed by atoms with van der Waals surface area (Å²) in [5.74, 6) is -1.65. The Morgan fingerprint density at radius 2 is 1.60 bits per heavy atom. The van der Waals surface area contributed by atoms with Crippen LogP contribution in [0, 0.1) is 13.8 Å². The maximum Gasteiger partial charge on any atom is 0.408 e. The number of phenolic OH excluding ortho intramolecular Hbond substituents is 1. The van der Waals surface area contributed by atoms with Crippen molar-refractivity contribution < 1.29 is 33.8 Å². The summed E-state index contributed by atoms with van der Waals surface area (Å²) in [5, 5.41) is 15.1. The van der Waals surface area contributed by atoms with Crippen molar-refractivity contribution in [1.82, 2.24) is 15.5 Å². The predicted molar refractivity (Wildman–Crippen MR) is 160 cm³/mol. The van der Waals surface area contributed by atoms with Crippen LogP contribution in [-0.2, 0) is 30.3 Å². The molecule has 0 aliphatic rings. The number of methoxy groups -OCH3 is 1. The van der Waals surface area contributed by atoms with E-state index in [1.54, 1.807) is 39.0 Å². The second-order valence-electron chi connectivity index (χ2n) is 11.9. The summed E-state index contributed by atoms with van der Waals surface area (Å²) in [5.41, 5.74) is 1.32. The van der Waals surface area contributed by atoms with Gasteiger partial charge in [0.15, 0.2) is 0 Å². The van der Waals surface area contributed by atoms with Crippen LogP contribution in [0.25, 0.3) is 0 Å². The van der Waals surface area contributed by atoms with Gasteiger partial charge in [-0.25, -0.2) is 4.79 Å². The lowest BCUT2D eigenvalue weighted by molar-refractivity contribution is -0.150. The molecule has 0 radical (unpaired) electrons. The van der Waals surface area contributed by atoms with Crippen LogP contribution in [0.15, 0.2) is 42.5 Å². The average Bonchev–Trinajstić information content (AvgIpc) is 2.91. The summed E-state index contributed by atoms with van der Waals surface area (Å²) in [7, 11) is 1.23. The van der Waals surface area contributed by atoms with E-state index in [0.717, 1.165) is 11.1 Å². The van der Waals surface area contributed by atoms with Crippen molar-refractivity contribution in [2.24, 2.45) is 0 Å². The van der Waals surface area contributed by atoms with Gasteiger partial charge in [-0.3, -0.25) is 14.4 Å². The Balaban J connectivity index is 2.71. The van der Waals surface area contributed by atoms with Gasteiger partial charge in [-0.15, -0.1) is 0 Å². The zero-order chi connectivity index (χ0) is 31.8. The number of hydrogen-bond acceptors (Lipinski definition) is 7. The molecule has 2 aromatic rings. The van der Waals surface area contributed by atoms with E-state index >= 15 is 0 Å². The Hall–Kier alpha value is -4.08. The fourth-order valence-corrected chi connectivity index (χ4v) is 4.43. The van der Waals surface area contributed by atoms with Crippen molar-refractivity contribution in [3.8, 4) is 5.75 Å². The number of alkyl carbamates (subject to hydrolysis) is 1. The number of nitrogens with one attached hydrogen (secondary N) is 2. The number of carbonyl (C=O) groups is 4. The standard InChI is InChI=1S/C32H45N3O7/c1-10-32(7,8)35(27(28(38)33-19-26(37)41-9)24-13-11-12-20(2)21(24)3)29(39)25(34-30(40)42-31(4,5)6)18-22-14-16-23(36)17-15-22/h11-17,25,27,36H,10,18-19H2,1-9H3,(H,33,38)(H,34,40). The molecule has 0 spiro atoms. The van der Waals surface area contributed by atoms with Crippen LogP contribution < -0.4 is 10.6 Å². The number of aromatic hydroxyl groups is 1. The Morgan fingerprint density at radius 3 is 2.14 bits per heavy atom. The van der Waals surface area contributed by atoms with Gasteiger partial charge in [-0.2, -0.15) is 0 Å². The SMILES string of the molecule is CCC(C)(C)N(C(=O)C(Cc1ccc(O)cc1)NC(=O)OC(C)(C)C)C(C(=O)NCC(=O)OC)c1cccc(C)c1C. The van der Waals surface area contributed by atoms with Crippen molar-refractivity contribution in [2.45, 2.75) is 91.5 Å². The molecule has 42 heavy (non-hydrogen) atoms. The van der Waals surface area contributed by atoms with Crippen LogP contribution in [0.1, 0.15) is 76.3 Å². The molecule has 230 valence electrons. The van der Waals surface area contributed by atoms with E-state index < -0.39 is 47.1 Å². The van der Waals surface area contributed by atoms with Crippen molar-refractivity contribution in [1.29, 1.82) is 0 Å². The van der Waals surface area contributed by atoms with Crippen molar-refractivity contribution >= 4 is 23.9 Å². The molecule has 0 saturated heterocycles. The zero-order valence-corrected chi connectivity index (χ0v) is 26.2. The molecule has 0 heterocycles. The highest BCUT2D eigenvalue weighted by molar-refractivity contribution is 5.94. The molecule has 0 bridgehead atoms. The highest BCUT2D eigenvalue weighted by Gasteiger charge is 2.43. The Labute approximate surface area is 248 Å². The van der Waals surface area contributed by atoms with Crippen LogP contribution in [0.5, 0.6) is 5.75 Å². The van der Waals surface area contributed by atoms with Crippen molar-refractivity contribution in [3.63, 3.8) is 0 Å². The van der Waals surface area contributed by atoms with E-state index in [9.17, 15) is 24.3 Å². The zero-order valence-electron chi connectivity index (χ0n) is 26.2. The predicted octanol–water partition coefficient (Wildman–Crippen LogP) is 4.49. The van der Waals surface area contributed by atoms with Gasteiger partial charge < -0.3 is 30.1 Å². The summed E-state index contributed by atoms with van der Waals surface area (Å²) in [6, 6.07) is 9.56. The Morgan fingerprint density at radius 1 is 0.976 bits per heavy atom. The maximum atomic E-state index is 14.7. The molecule has 0 aliphatic heterocycles. The lowest BCUT2D eigenvalue weighted by atomic mass is 9.88. The van der Waals surface area contributed by atoms with Gasteiger partial charge in [0.2, 0.25) is 11.8 Å². The van der Waals surface area contributed by atoms with Gasteiger partial charge in [-0.1, -0.05) is 37.3 Å². The second kappa shape index (κ2) is 14.2. The smallest absolute Gasteiger partial charge is 0.408 e. The first-order valence-corrected chi connectivity index (χ1v) is 14.0. The third-order valence-corrected chi connectivity index (χ3v) is 7.20. The van der Waals surface area contributed by atoms with Gasteiger partial charge in [0.05, 0.1) is 7.11 Å². The molecular formula is C32H45N3O7. The first kappa shape index (κ1) is 34.1. The number of ether oxygens (including phenoxy) is 2. The van der Waals surface area contributed by atoms with Crippen molar-refractivity contribution in [2.75, 3.05) is 13.7 Å². The number of aryl methyl sites for hydroxylation is 1. The van der Waals surface area contributed by atoms with Crippen LogP contribution in [0.3, 0.4) is 0 Å². The van der Waals surface area contributed by atoms with Gasteiger partial charge in [-0.05, 0) is 89.3 Å². The van der Waals surface area contributed by atoms with Gasteiger partial charge in [0.1, 0.15) is 30.0 Å². The van der Waals surface area contributed by atoms with Crippen LogP contribution >= 0.6 is 0 Å². The van der Waals surface area contributed by atoms with Crippen LogP contribution in [0.4, 0.5) is 4.79 Å². The van der Waals surface area contributed by atoms with Crippen molar-refractivity contribution in [3.05, 3.63) is 64.7 Å². The van der Waals surface area contributed by atoms with Gasteiger partial charge in [0.25, 0.3) is 0 Å². The molecule has 0 aliphatic carbocycles. The summed E-state index contributed by atoms with van der Waals surface area (Å²) >= 11 is 0. The number of benzene rings is 2. The van der Waals surface area contributed by atoms with Gasteiger partial charge in [0, 0.05) is 12.0 Å². The first-order valence-electron chi connectivity index (χ1n) is 14.0. The van der Waals surface area contributed by atoms with Crippen LogP contribution in [-0.4, -0.2) is 64.7 Å². The molecule has 2 aromatic carbocycles. The number of nitrogens with zero attached hydrogens (tertiary/aromatic N) is 1. The molecular weight excluding hydrogens is 538 g/mol. The van der Waals surface area contributed by atoms with E-state index in [1.807, 2.05) is 46.8 Å². The van der Waals surface area contributed by atoms with E-state index in [4.69, 9.17) is 9.47 Å². The minimum absolute atomic E-state index is 0.0627. The molecule has 10 nitrogen and oxygen atoms in total. The molecule has 2 rings (SSSR count). The van der Waals surface area contributed by atoms with E-state index in [2.05, 4.69) is 10.6 Å². The Kier molecular flexibility index (Phi) is 11.5. The number of phenols is 1. The van der Waals surface area contributed by atoms with E-state index in [0.29, 0.717) is 17.5 Å². The summed E-state index contributed by atoms with van der Waals surface area (Å²) in [6.45, 7) is 14.2. The first-order chi connectivity index (χ1) is 19.5. The molecule has 10 heteroatoms. The largest absolute Gasteiger partial charge is 0.508 e. The minimum Gasteiger partial charge on any atom is -0.508 e. The molecule has 3 N–H and O–H groups in total. The summed E-state index contributed by atoms with van der Waals surface area (Å²) in [4.78, 5) is 55.0. The fourth-order valence-electron chi connectivity index (χ4n) is 4.43. The molecule has 0 aromatic heterocycles. The Bertz CT molecular complexity index is 1270. The van der Waals surface area contributed by atoms with E-state index in [-0.39, 0.29) is 18.7 Å². The third-order valence-electron chi connectivity index (χ3n) is 7.20. The summed E-state index contributed by atoms with van der Waals surface area (Å²) < 4.78 is 10.2. The number of carbonyl (C=O) groups excluding carboxylic acids is 4. The molecule has 2 unspecified atom stereocenters. The highest BCUT2D eigenvalue weighted by Crippen LogP contribution is 2.34. The third kappa shape index (κ3) is 9.22. The van der Waals surface area contributed by atoms with Gasteiger partial charge >= 0.3 is 12.1 Å². The number of amides is 3. The van der Waals surface area contributed by atoms with Crippen LogP contribution in [0.2, 0.25) is 0 Å². The topological polar surface area (TPSA) is 134 Å². The molecule has 0 saturated carbocycles. The normalized spacial score (nSPS) is 13.0. The fraction of sp³-hybridized carbons (Fsp3) is 0.500. The van der Waals surface area contributed by atoms with E-state index in [1.165, 1.54) is 24.1 Å². The minimum atomic E-state index is -1.14. The number of esters is 1. The lowest BCUT2D eigenvalue weighted by Gasteiger charge is -2.45.